The third-order valence-electron chi connectivity index (χ3n) is 2.91. The molecule has 2 heterocycles. The zero-order valence-electron chi connectivity index (χ0n) is 9.65. The van der Waals surface area contributed by atoms with E-state index in [9.17, 15) is 4.79 Å². The van der Waals surface area contributed by atoms with Crippen LogP contribution in [0.4, 0.5) is 0 Å². The fraction of sp³-hybridized carbons (Fsp3) is 0.636. The lowest BCUT2D eigenvalue weighted by Crippen LogP contribution is -2.38. The second-order valence-corrected chi connectivity index (χ2v) is 4.06. The molecule has 0 atom stereocenters. The molecule has 5 nitrogen and oxygen atoms in total. The van der Waals surface area contributed by atoms with Gasteiger partial charge in [0, 0.05) is 31.9 Å². The maximum atomic E-state index is 11.9. The smallest absolute Gasteiger partial charge is 0.223 e. The average Bonchev–Trinajstić information content (AvgIpc) is 2.76. The van der Waals surface area contributed by atoms with Gasteiger partial charge in [0.2, 0.25) is 5.91 Å². The number of amides is 1. The van der Waals surface area contributed by atoms with Gasteiger partial charge in [-0.2, -0.15) is 0 Å². The molecule has 0 aliphatic carbocycles. The number of imidazole rings is 1. The summed E-state index contributed by atoms with van der Waals surface area (Å²) in [6.07, 6.45) is 5.30. The van der Waals surface area contributed by atoms with Crippen LogP contribution < -0.4 is 5.32 Å². The predicted molar refractivity (Wildman–Crippen MR) is 60.8 cm³/mol. The van der Waals surface area contributed by atoms with Crippen molar-refractivity contribution >= 4 is 5.91 Å². The number of hydrogen-bond donors (Lipinski definition) is 1. The highest BCUT2D eigenvalue weighted by Crippen LogP contribution is 2.11. The molecule has 1 aromatic rings. The Bertz CT molecular complexity index is 361. The molecule has 1 aliphatic heterocycles. The van der Waals surface area contributed by atoms with Crippen LogP contribution in [-0.2, 0) is 17.9 Å². The van der Waals surface area contributed by atoms with Crippen molar-refractivity contribution in [2.45, 2.75) is 25.9 Å². The number of carbonyl (C=O) groups excluding carboxylic acids is 1. The Kier molecular flexibility index (Phi) is 3.56. The van der Waals surface area contributed by atoms with Crippen molar-refractivity contribution < 1.29 is 4.79 Å². The molecule has 1 N–H and O–H groups in total. The number of fused-ring (bicyclic) bond motifs is 1. The van der Waals surface area contributed by atoms with Crippen molar-refractivity contribution in [1.82, 2.24) is 19.8 Å². The molecule has 16 heavy (non-hydrogen) atoms. The van der Waals surface area contributed by atoms with Crippen molar-refractivity contribution in [2.24, 2.45) is 0 Å². The highest BCUT2D eigenvalue weighted by molar-refractivity contribution is 5.76. The summed E-state index contributed by atoms with van der Waals surface area (Å²) in [7, 11) is 1.90. The van der Waals surface area contributed by atoms with Crippen LogP contribution in [0.1, 0.15) is 18.7 Å². The number of nitrogens with zero attached hydrogens (tertiary/aromatic N) is 3. The van der Waals surface area contributed by atoms with Crippen molar-refractivity contribution in [2.75, 3.05) is 20.1 Å². The third-order valence-corrected chi connectivity index (χ3v) is 2.91. The molecular weight excluding hydrogens is 204 g/mol. The Morgan fingerprint density at radius 1 is 1.56 bits per heavy atom. The quantitative estimate of drug-likeness (QED) is 0.742. The fourth-order valence-corrected chi connectivity index (χ4v) is 1.96. The first-order chi connectivity index (χ1) is 7.81. The molecule has 88 valence electrons. The second kappa shape index (κ2) is 5.12. The van der Waals surface area contributed by atoms with E-state index in [1.165, 1.54) is 0 Å². The Labute approximate surface area is 95.5 Å². The lowest BCUT2D eigenvalue weighted by molar-refractivity contribution is -0.132. The van der Waals surface area contributed by atoms with E-state index < -0.39 is 0 Å². The predicted octanol–water partition coefficient (Wildman–Crippen LogP) is 0.225. The lowest BCUT2D eigenvalue weighted by atomic mass is 10.2. The van der Waals surface area contributed by atoms with E-state index in [-0.39, 0.29) is 5.91 Å². The summed E-state index contributed by atoms with van der Waals surface area (Å²) in [5.41, 5.74) is 0. The third kappa shape index (κ3) is 2.41. The van der Waals surface area contributed by atoms with E-state index in [1.807, 2.05) is 18.1 Å². The summed E-state index contributed by atoms with van der Waals surface area (Å²) >= 11 is 0. The molecule has 0 fully saturated rings. The van der Waals surface area contributed by atoms with E-state index in [2.05, 4.69) is 14.9 Å². The largest absolute Gasteiger partial charge is 0.333 e. The van der Waals surface area contributed by atoms with Gasteiger partial charge >= 0.3 is 0 Å². The Morgan fingerprint density at radius 3 is 3.25 bits per heavy atom. The zero-order chi connectivity index (χ0) is 11.4. The molecule has 1 aromatic heterocycles. The summed E-state index contributed by atoms with van der Waals surface area (Å²) in [5.74, 6) is 1.23. The minimum absolute atomic E-state index is 0.240. The van der Waals surface area contributed by atoms with Gasteiger partial charge in [-0.15, -0.1) is 0 Å². The summed E-state index contributed by atoms with van der Waals surface area (Å²) in [4.78, 5) is 18.0. The molecular formula is C11H18N4O. The van der Waals surface area contributed by atoms with Gasteiger partial charge in [-0.1, -0.05) is 0 Å². The van der Waals surface area contributed by atoms with Crippen LogP contribution in [0, 0.1) is 0 Å². The number of hydrogen-bond acceptors (Lipinski definition) is 3. The average molecular weight is 222 g/mol. The zero-order valence-corrected chi connectivity index (χ0v) is 9.65. The minimum atomic E-state index is 0.240. The highest BCUT2D eigenvalue weighted by Gasteiger charge is 2.20. The maximum Gasteiger partial charge on any atom is 0.223 e. The molecule has 5 heteroatoms. The van der Waals surface area contributed by atoms with E-state index in [1.54, 1.807) is 6.20 Å². The number of nitrogens with one attached hydrogen (secondary N) is 1. The van der Waals surface area contributed by atoms with E-state index in [0.717, 1.165) is 31.9 Å². The maximum absolute atomic E-state index is 11.9. The lowest BCUT2D eigenvalue weighted by Gasteiger charge is -2.27. The van der Waals surface area contributed by atoms with Crippen molar-refractivity contribution in [3.8, 4) is 0 Å². The van der Waals surface area contributed by atoms with Crippen LogP contribution in [0.3, 0.4) is 0 Å². The molecule has 1 amide bonds. The van der Waals surface area contributed by atoms with Crippen LogP contribution in [0.15, 0.2) is 12.4 Å². The molecule has 1 aliphatic rings. The summed E-state index contributed by atoms with van der Waals surface area (Å²) in [5, 5.41) is 3.05. The van der Waals surface area contributed by atoms with Crippen LogP contribution in [-0.4, -0.2) is 40.5 Å². The fourth-order valence-electron chi connectivity index (χ4n) is 1.96. The molecule has 0 aromatic carbocycles. The van der Waals surface area contributed by atoms with Gasteiger partial charge in [-0.3, -0.25) is 4.79 Å². The highest BCUT2D eigenvalue weighted by atomic mass is 16.2. The Balaban J connectivity index is 1.86. The van der Waals surface area contributed by atoms with Gasteiger partial charge in [-0.05, 0) is 20.0 Å². The summed E-state index contributed by atoms with van der Waals surface area (Å²) < 4.78 is 2.11. The van der Waals surface area contributed by atoms with Crippen molar-refractivity contribution in [3.05, 3.63) is 18.2 Å². The van der Waals surface area contributed by atoms with Crippen LogP contribution in [0.25, 0.3) is 0 Å². The molecule has 2 rings (SSSR count). The molecule has 0 bridgehead atoms. The minimum Gasteiger partial charge on any atom is -0.333 e. The SMILES string of the molecule is CNCCCC(=O)N1CCn2ccnc2C1. The van der Waals surface area contributed by atoms with E-state index in [4.69, 9.17) is 0 Å². The van der Waals surface area contributed by atoms with Gasteiger partial charge in [0.25, 0.3) is 0 Å². The molecule has 0 unspecified atom stereocenters. The number of aromatic nitrogens is 2. The van der Waals surface area contributed by atoms with Crippen LogP contribution in [0.5, 0.6) is 0 Å². The van der Waals surface area contributed by atoms with E-state index in [0.29, 0.717) is 13.0 Å². The van der Waals surface area contributed by atoms with Gasteiger partial charge in [0.1, 0.15) is 5.82 Å². The van der Waals surface area contributed by atoms with Gasteiger partial charge < -0.3 is 14.8 Å². The summed E-state index contributed by atoms with van der Waals surface area (Å²) in [6, 6.07) is 0. The van der Waals surface area contributed by atoms with Crippen molar-refractivity contribution in [3.63, 3.8) is 0 Å². The Morgan fingerprint density at radius 2 is 2.44 bits per heavy atom. The monoisotopic (exact) mass is 222 g/mol. The Hall–Kier alpha value is -1.36. The van der Waals surface area contributed by atoms with Gasteiger partial charge in [-0.25, -0.2) is 4.98 Å². The topological polar surface area (TPSA) is 50.2 Å². The first-order valence-electron chi connectivity index (χ1n) is 5.73. The molecule has 0 saturated carbocycles. The molecule has 0 radical (unpaired) electrons. The number of carbonyl (C=O) groups is 1. The van der Waals surface area contributed by atoms with Crippen molar-refractivity contribution in [1.29, 1.82) is 0 Å². The van der Waals surface area contributed by atoms with Crippen LogP contribution in [0.2, 0.25) is 0 Å². The summed E-state index contributed by atoms with van der Waals surface area (Å²) in [6.45, 7) is 3.23. The first kappa shape index (κ1) is 11.1. The molecule has 0 saturated heterocycles. The number of rotatable bonds is 4. The first-order valence-corrected chi connectivity index (χ1v) is 5.73. The van der Waals surface area contributed by atoms with Gasteiger partial charge in [0.05, 0.1) is 6.54 Å². The van der Waals surface area contributed by atoms with E-state index >= 15 is 0 Å². The standard InChI is InChI=1S/C11H18N4O/c1-12-4-2-3-11(16)15-8-7-14-6-5-13-10(14)9-15/h5-6,12H,2-4,7-9H2,1H3. The van der Waals surface area contributed by atoms with Crippen LogP contribution >= 0.6 is 0 Å². The normalized spacial score (nSPS) is 14.9. The van der Waals surface area contributed by atoms with Gasteiger partial charge in [0.15, 0.2) is 0 Å². The second-order valence-electron chi connectivity index (χ2n) is 4.06. The molecule has 0 spiro atoms.